The van der Waals surface area contributed by atoms with E-state index in [4.69, 9.17) is 4.74 Å². The molecular weight excluding hydrogens is 216 g/mol. The average Bonchev–Trinajstić information content (AvgIpc) is 2.41. The number of hydrogen-bond donors (Lipinski definition) is 1. The first kappa shape index (κ1) is 14.5. The van der Waals surface area contributed by atoms with Gasteiger partial charge in [0.25, 0.3) is 0 Å². The van der Waals surface area contributed by atoms with E-state index in [1.807, 2.05) is 13.8 Å². The number of carbonyl (C=O) groups is 1. The van der Waals surface area contributed by atoms with Gasteiger partial charge in [-0.15, -0.1) is 0 Å². The molecule has 0 aromatic rings. The van der Waals surface area contributed by atoms with Crippen LogP contribution in [0.3, 0.4) is 0 Å². The van der Waals surface area contributed by atoms with Crippen molar-refractivity contribution >= 4 is 5.97 Å². The van der Waals surface area contributed by atoms with E-state index < -0.39 is 11.5 Å². The van der Waals surface area contributed by atoms with E-state index in [1.165, 1.54) is 7.11 Å². The van der Waals surface area contributed by atoms with E-state index in [2.05, 4.69) is 6.92 Å². The van der Waals surface area contributed by atoms with Gasteiger partial charge >= 0.3 is 5.97 Å². The Morgan fingerprint density at radius 2 is 2.00 bits per heavy atom. The lowest BCUT2D eigenvalue weighted by Crippen LogP contribution is -2.45. The molecule has 1 rings (SSSR count). The average molecular weight is 242 g/mol. The van der Waals surface area contributed by atoms with Crippen molar-refractivity contribution in [3.63, 3.8) is 0 Å². The van der Waals surface area contributed by atoms with Crippen molar-refractivity contribution < 1.29 is 14.6 Å². The molecule has 100 valence electrons. The summed E-state index contributed by atoms with van der Waals surface area (Å²) in [6.07, 6.45) is 4.57. The van der Waals surface area contributed by atoms with Crippen molar-refractivity contribution in [1.29, 1.82) is 0 Å². The topological polar surface area (TPSA) is 46.5 Å². The van der Waals surface area contributed by atoms with Gasteiger partial charge in [-0.1, -0.05) is 33.6 Å². The molecule has 0 bridgehead atoms. The molecule has 0 aromatic carbocycles. The molecular formula is C14H26O3. The molecule has 1 fully saturated rings. The van der Waals surface area contributed by atoms with Gasteiger partial charge in [0.1, 0.15) is 0 Å². The normalized spacial score (nSPS) is 32.0. The van der Waals surface area contributed by atoms with Gasteiger partial charge in [0.05, 0.1) is 18.6 Å². The molecule has 0 aromatic heterocycles. The first-order valence-corrected chi connectivity index (χ1v) is 6.71. The van der Waals surface area contributed by atoms with Gasteiger partial charge in [-0.25, -0.2) is 0 Å². The second-order valence-corrected chi connectivity index (χ2v) is 5.88. The minimum atomic E-state index is -0.869. The number of ether oxygens (including phenoxy) is 1. The Morgan fingerprint density at radius 3 is 2.53 bits per heavy atom. The van der Waals surface area contributed by atoms with Crippen LogP contribution >= 0.6 is 0 Å². The van der Waals surface area contributed by atoms with Crippen LogP contribution in [0.1, 0.15) is 52.9 Å². The molecule has 0 amide bonds. The van der Waals surface area contributed by atoms with Gasteiger partial charge in [0.2, 0.25) is 0 Å². The first-order valence-electron chi connectivity index (χ1n) is 6.71. The lowest BCUT2D eigenvalue weighted by Gasteiger charge is -2.36. The summed E-state index contributed by atoms with van der Waals surface area (Å²) in [7, 11) is 1.40. The SMILES string of the molecule is COC(=O)C(C(C)C)C1(O)CCCC(C)CC1. The lowest BCUT2D eigenvalue weighted by atomic mass is 9.75. The third kappa shape index (κ3) is 3.44. The van der Waals surface area contributed by atoms with Crippen LogP contribution in [0.4, 0.5) is 0 Å². The standard InChI is InChI=1S/C14H26O3/c1-10(2)12(13(15)17-4)14(16)8-5-6-11(3)7-9-14/h10-12,16H,5-9H2,1-4H3. The fraction of sp³-hybridized carbons (Fsp3) is 0.929. The maximum absolute atomic E-state index is 11.9. The monoisotopic (exact) mass is 242 g/mol. The minimum absolute atomic E-state index is 0.112. The molecule has 1 aliphatic carbocycles. The van der Waals surface area contributed by atoms with Crippen LogP contribution in [-0.4, -0.2) is 23.8 Å². The maximum Gasteiger partial charge on any atom is 0.311 e. The summed E-state index contributed by atoms with van der Waals surface area (Å²) in [6.45, 7) is 6.18. The molecule has 1 saturated carbocycles. The number of esters is 1. The van der Waals surface area contributed by atoms with Crippen molar-refractivity contribution in [2.75, 3.05) is 7.11 Å². The summed E-state index contributed by atoms with van der Waals surface area (Å²) in [6, 6.07) is 0. The van der Waals surface area contributed by atoms with Crippen molar-refractivity contribution in [3.05, 3.63) is 0 Å². The number of carbonyl (C=O) groups excluding carboxylic acids is 1. The van der Waals surface area contributed by atoms with Gasteiger partial charge in [-0.2, -0.15) is 0 Å². The highest BCUT2D eigenvalue weighted by Gasteiger charge is 2.44. The minimum Gasteiger partial charge on any atom is -0.469 e. The molecule has 0 heterocycles. The van der Waals surface area contributed by atoms with Crippen LogP contribution in [0.25, 0.3) is 0 Å². The van der Waals surface area contributed by atoms with Gasteiger partial charge in [0, 0.05) is 0 Å². The van der Waals surface area contributed by atoms with E-state index in [0.717, 1.165) is 25.7 Å². The highest BCUT2D eigenvalue weighted by Crippen LogP contribution is 2.39. The smallest absolute Gasteiger partial charge is 0.311 e. The molecule has 0 radical (unpaired) electrons. The highest BCUT2D eigenvalue weighted by atomic mass is 16.5. The third-order valence-corrected chi connectivity index (χ3v) is 4.08. The zero-order chi connectivity index (χ0) is 13.1. The van der Waals surface area contributed by atoms with Crippen molar-refractivity contribution in [1.82, 2.24) is 0 Å². The quantitative estimate of drug-likeness (QED) is 0.611. The molecule has 3 unspecified atom stereocenters. The second-order valence-electron chi connectivity index (χ2n) is 5.88. The zero-order valence-electron chi connectivity index (χ0n) is 11.5. The van der Waals surface area contributed by atoms with Crippen LogP contribution in [-0.2, 0) is 9.53 Å². The fourth-order valence-corrected chi connectivity index (χ4v) is 3.07. The predicted octanol–water partition coefficient (Wildman–Crippen LogP) is 2.76. The molecule has 0 saturated heterocycles. The number of aliphatic hydroxyl groups is 1. The van der Waals surface area contributed by atoms with Crippen molar-refractivity contribution in [3.8, 4) is 0 Å². The van der Waals surface area contributed by atoms with E-state index in [-0.39, 0.29) is 11.9 Å². The molecule has 1 N–H and O–H groups in total. The Hall–Kier alpha value is -0.570. The summed E-state index contributed by atoms with van der Waals surface area (Å²) >= 11 is 0. The number of hydrogen-bond acceptors (Lipinski definition) is 3. The van der Waals surface area contributed by atoms with Gasteiger partial charge in [0.15, 0.2) is 0 Å². The number of methoxy groups -OCH3 is 1. The largest absolute Gasteiger partial charge is 0.469 e. The van der Waals surface area contributed by atoms with Crippen LogP contribution in [0.15, 0.2) is 0 Å². The van der Waals surface area contributed by atoms with E-state index >= 15 is 0 Å². The predicted molar refractivity (Wildman–Crippen MR) is 67.5 cm³/mol. The first-order chi connectivity index (χ1) is 7.90. The molecule has 0 aliphatic heterocycles. The Bertz CT molecular complexity index is 262. The third-order valence-electron chi connectivity index (χ3n) is 4.08. The van der Waals surface area contributed by atoms with Gasteiger partial charge < -0.3 is 9.84 Å². The Labute approximate surface area is 105 Å². The Morgan fingerprint density at radius 1 is 1.35 bits per heavy atom. The maximum atomic E-state index is 11.9. The van der Waals surface area contributed by atoms with Crippen LogP contribution in [0, 0.1) is 17.8 Å². The molecule has 1 aliphatic rings. The Balaban J connectivity index is 2.87. The van der Waals surface area contributed by atoms with Crippen molar-refractivity contribution in [2.24, 2.45) is 17.8 Å². The van der Waals surface area contributed by atoms with E-state index in [0.29, 0.717) is 12.3 Å². The van der Waals surface area contributed by atoms with Crippen molar-refractivity contribution in [2.45, 2.75) is 58.5 Å². The molecule has 17 heavy (non-hydrogen) atoms. The second kappa shape index (κ2) is 5.85. The summed E-state index contributed by atoms with van der Waals surface area (Å²) in [5.74, 6) is 0.102. The van der Waals surface area contributed by atoms with Gasteiger partial charge in [-0.05, 0) is 31.1 Å². The van der Waals surface area contributed by atoms with Crippen LogP contribution < -0.4 is 0 Å². The van der Waals surface area contributed by atoms with E-state index in [9.17, 15) is 9.90 Å². The van der Waals surface area contributed by atoms with Gasteiger partial charge in [-0.3, -0.25) is 4.79 Å². The summed E-state index contributed by atoms with van der Waals surface area (Å²) < 4.78 is 4.86. The summed E-state index contributed by atoms with van der Waals surface area (Å²) in [4.78, 5) is 11.9. The highest BCUT2D eigenvalue weighted by molar-refractivity contribution is 5.74. The zero-order valence-corrected chi connectivity index (χ0v) is 11.5. The number of rotatable bonds is 3. The van der Waals surface area contributed by atoms with E-state index in [1.54, 1.807) is 0 Å². The molecule has 3 atom stereocenters. The van der Waals surface area contributed by atoms with Crippen LogP contribution in [0.5, 0.6) is 0 Å². The fourth-order valence-electron chi connectivity index (χ4n) is 3.07. The summed E-state index contributed by atoms with van der Waals surface area (Å²) in [5.41, 5.74) is -0.869. The Kier molecular flexibility index (Phi) is 4.99. The molecule has 3 nitrogen and oxygen atoms in total. The van der Waals surface area contributed by atoms with Crippen LogP contribution in [0.2, 0.25) is 0 Å². The molecule has 0 spiro atoms. The molecule has 3 heteroatoms. The lowest BCUT2D eigenvalue weighted by molar-refractivity contribution is -0.160. The summed E-state index contributed by atoms with van der Waals surface area (Å²) in [5, 5.41) is 10.8.